The Morgan fingerprint density at radius 2 is 2.06 bits per heavy atom. The Labute approximate surface area is 94.5 Å². The van der Waals surface area contributed by atoms with E-state index < -0.39 is 17.5 Å². The molecule has 4 heteroatoms. The molecule has 0 amide bonds. The van der Waals surface area contributed by atoms with Gasteiger partial charge in [-0.3, -0.25) is 0 Å². The zero-order valence-corrected chi connectivity index (χ0v) is 9.70. The summed E-state index contributed by atoms with van der Waals surface area (Å²) >= 11 is 0. The van der Waals surface area contributed by atoms with E-state index in [4.69, 9.17) is 4.74 Å². The van der Waals surface area contributed by atoms with Crippen molar-refractivity contribution in [3.05, 3.63) is 29.6 Å². The van der Waals surface area contributed by atoms with E-state index >= 15 is 0 Å². The molecule has 2 N–H and O–H groups in total. The molecule has 0 fully saturated rings. The van der Waals surface area contributed by atoms with Crippen LogP contribution in [-0.4, -0.2) is 29.0 Å². The average Bonchev–Trinajstić information content (AvgIpc) is 2.19. The van der Waals surface area contributed by atoms with Crippen LogP contribution in [0, 0.1) is 5.82 Å². The molecule has 90 valence electrons. The highest BCUT2D eigenvalue weighted by Gasteiger charge is 2.26. The number of rotatable bonds is 4. The van der Waals surface area contributed by atoms with Crippen LogP contribution in [0.1, 0.15) is 19.4 Å². The van der Waals surface area contributed by atoms with Gasteiger partial charge in [-0.15, -0.1) is 0 Å². The lowest BCUT2D eigenvalue weighted by Gasteiger charge is -2.24. The summed E-state index contributed by atoms with van der Waals surface area (Å²) in [6.07, 6.45) is -0.971. The fourth-order valence-electron chi connectivity index (χ4n) is 1.33. The first-order chi connectivity index (χ1) is 7.36. The highest BCUT2D eigenvalue weighted by Crippen LogP contribution is 2.23. The van der Waals surface area contributed by atoms with Crippen LogP contribution >= 0.6 is 0 Å². The number of aliphatic hydroxyl groups is 2. The van der Waals surface area contributed by atoms with Crippen LogP contribution in [0.3, 0.4) is 0 Å². The van der Waals surface area contributed by atoms with Crippen molar-refractivity contribution in [1.82, 2.24) is 0 Å². The maximum Gasteiger partial charge on any atom is 0.168 e. The molecule has 1 unspecified atom stereocenters. The first-order valence-electron chi connectivity index (χ1n) is 5.08. The van der Waals surface area contributed by atoms with E-state index in [2.05, 4.69) is 0 Å². The number of benzene rings is 1. The molecule has 0 saturated carbocycles. The summed E-state index contributed by atoms with van der Waals surface area (Å²) in [5.74, 6) is -0.353. The van der Waals surface area contributed by atoms with Crippen molar-refractivity contribution < 1.29 is 19.3 Å². The summed E-state index contributed by atoms with van der Waals surface area (Å²) in [5, 5.41) is 19.2. The maximum atomic E-state index is 13.7. The van der Waals surface area contributed by atoms with Gasteiger partial charge in [0.25, 0.3) is 0 Å². The molecule has 0 aromatic heterocycles. The molecule has 0 saturated heterocycles. The van der Waals surface area contributed by atoms with Crippen molar-refractivity contribution in [3.8, 4) is 5.75 Å². The molecule has 0 bridgehead atoms. The monoisotopic (exact) mass is 228 g/mol. The van der Waals surface area contributed by atoms with Gasteiger partial charge < -0.3 is 14.9 Å². The van der Waals surface area contributed by atoms with Crippen LogP contribution in [0.5, 0.6) is 5.75 Å². The van der Waals surface area contributed by atoms with Crippen LogP contribution in [0.2, 0.25) is 0 Å². The van der Waals surface area contributed by atoms with Gasteiger partial charge in [-0.05, 0) is 25.5 Å². The van der Waals surface area contributed by atoms with E-state index in [1.54, 1.807) is 12.1 Å². The third kappa shape index (κ3) is 2.93. The van der Waals surface area contributed by atoms with Crippen molar-refractivity contribution >= 4 is 0 Å². The lowest BCUT2D eigenvalue weighted by Crippen LogP contribution is -2.37. The molecule has 1 rings (SSSR count). The molecular weight excluding hydrogens is 211 g/mol. The van der Waals surface area contributed by atoms with E-state index in [1.807, 2.05) is 0 Å². The van der Waals surface area contributed by atoms with Gasteiger partial charge in [0, 0.05) is 6.42 Å². The number of methoxy groups -OCH3 is 1. The van der Waals surface area contributed by atoms with Crippen LogP contribution in [0.4, 0.5) is 4.39 Å². The Bertz CT molecular complexity index is 358. The number of ether oxygens (including phenoxy) is 1. The van der Waals surface area contributed by atoms with Gasteiger partial charge in [-0.25, -0.2) is 4.39 Å². The highest BCUT2D eigenvalue weighted by molar-refractivity contribution is 5.31. The van der Waals surface area contributed by atoms with Gasteiger partial charge in [0.05, 0.1) is 18.8 Å². The molecule has 0 heterocycles. The zero-order valence-electron chi connectivity index (χ0n) is 9.70. The highest BCUT2D eigenvalue weighted by atomic mass is 19.1. The van der Waals surface area contributed by atoms with Crippen molar-refractivity contribution in [3.63, 3.8) is 0 Å². The molecule has 0 radical (unpaired) electrons. The molecule has 0 aliphatic rings. The smallest absolute Gasteiger partial charge is 0.168 e. The Hall–Kier alpha value is -1.13. The third-order valence-electron chi connectivity index (χ3n) is 2.49. The molecule has 3 nitrogen and oxygen atoms in total. The fraction of sp³-hybridized carbons (Fsp3) is 0.500. The minimum Gasteiger partial charge on any atom is -0.494 e. The summed E-state index contributed by atoms with van der Waals surface area (Å²) < 4.78 is 18.5. The van der Waals surface area contributed by atoms with Crippen molar-refractivity contribution in [2.24, 2.45) is 0 Å². The van der Waals surface area contributed by atoms with Gasteiger partial charge in [-0.1, -0.05) is 12.1 Å². The third-order valence-corrected chi connectivity index (χ3v) is 2.49. The Kier molecular flexibility index (Phi) is 3.88. The number of aliphatic hydroxyl groups excluding tert-OH is 1. The van der Waals surface area contributed by atoms with Crippen LogP contribution in [0.25, 0.3) is 0 Å². The first-order valence-corrected chi connectivity index (χ1v) is 5.08. The Morgan fingerprint density at radius 3 is 2.56 bits per heavy atom. The van der Waals surface area contributed by atoms with E-state index in [-0.39, 0.29) is 12.2 Å². The predicted octanol–water partition coefficient (Wildman–Crippen LogP) is 1.51. The first kappa shape index (κ1) is 12.9. The lowest BCUT2D eigenvalue weighted by molar-refractivity contribution is -0.0472. The molecule has 1 aromatic carbocycles. The fourth-order valence-corrected chi connectivity index (χ4v) is 1.33. The van der Waals surface area contributed by atoms with Crippen LogP contribution in [-0.2, 0) is 6.42 Å². The van der Waals surface area contributed by atoms with E-state index in [1.165, 1.54) is 27.0 Å². The minimum absolute atomic E-state index is 0.0481. The minimum atomic E-state index is -1.25. The Balaban J connectivity index is 2.90. The number of hydrogen-bond donors (Lipinski definition) is 2. The van der Waals surface area contributed by atoms with E-state index in [0.717, 1.165) is 0 Å². The van der Waals surface area contributed by atoms with E-state index in [9.17, 15) is 14.6 Å². The molecule has 0 aliphatic carbocycles. The predicted molar refractivity (Wildman–Crippen MR) is 59.0 cm³/mol. The van der Waals surface area contributed by atoms with E-state index in [0.29, 0.717) is 5.56 Å². The molecule has 1 aromatic rings. The van der Waals surface area contributed by atoms with Gasteiger partial charge >= 0.3 is 0 Å². The van der Waals surface area contributed by atoms with Crippen LogP contribution < -0.4 is 4.74 Å². The molecular formula is C12H17FO3. The summed E-state index contributed by atoms with van der Waals surface area (Å²) in [5.41, 5.74) is -0.927. The van der Waals surface area contributed by atoms with Crippen molar-refractivity contribution in [1.29, 1.82) is 0 Å². The number of halogens is 1. The number of hydrogen-bond acceptors (Lipinski definition) is 3. The zero-order chi connectivity index (χ0) is 12.3. The normalized spacial score (nSPS) is 13.6. The Morgan fingerprint density at radius 1 is 1.44 bits per heavy atom. The summed E-state index contributed by atoms with van der Waals surface area (Å²) in [6, 6.07) is 4.72. The van der Waals surface area contributed by atoms with Gasteiger partial charge in [0.15, 0.2) is 11.6 Å². The van der Waals surface area contributed by atoms with Crippen molar-refractivity contribution in [2.75, 3.05) is 7.11 Å². The second-order valence-electron chi connectivity index (χ2n) is 4.31. The quantitative estimate of drug-likeness (QED) is 0.821. The van der Waals surface area contributed by atoms with Crippen molar-refractivity contribution in [2.45, 2.75) is 32.0 Å². The molecule has 0 aliphatic heterocycles. The van der Waals surface area contributed by atoms with Gasteiger partial charge in [0.1, 0.15) is 0 Å². The van der Waals surface area contributed by atoms with Gasteiger partial charge in [-0.2, -0.15) is 0 Å². The molecule has 0 spiro atoms. The SMILES string of the molecule is COc1cccc(CC(O)C(C)(C)O)c1F. The second-order valence-corrected chi connectivity index (χ2v) is 4.31. The average molecular weight is 228 g/mol. The molecule has 1 atom stereocenters. The standard InChI is InChI=1S/C12H17FO3/c1-12(2,15)10(14)7-8-5-4-6-9(16-3)11(8)13/h4-6,10,14-15H,7H2,1-3H3. The van der Waals surface area contributed by atoms with Crippen LogP contribution in [0.15, 0.2) is 18.2 Å². The summed E-state index contributed by atoms with van der Waals surface area (Å²) in [7, 11) is 1.38. The molecule has 16 heavy (non-hydrogen) atoms. The van der Waals surface area contributed by atoms with Gasteiger partial charge in [0.2, 0.25) is 0 Å². The second kappa shape index (κ2) is 4.80. The largest absolute Gasteiger partial charge is 0.494 e. The topological polar surface area (TPSA) is 49.7 Å². The summed E-state index contributed by atoms with van der Waals surface area (Å²) in [6.45, 7) is 2.96. The summed E-state index contributed by atoms with van der Waals surface area (Å²) in [4.78, 5) is 0. The lowest BCUT2D eigenvalue weighted by atomic mass is 9.95. The maximum absolute atomic E-state index is 13.7.